The van der Waals surface area contributed by atoms with E-state index in [0.717, 1.165) is 0 Å². The largest absolute Gasteiger partial charge is 0.377 e. The molecular weight excluding hydrogens is 226 g/mol. The zero-order valence-electron chi connectivity index (χ0n) is 10.4. The van der Waals surface area contributed by atoms with E-state index in [1.54, 1.807) is 6.92 Å². The number of carbonyl (C=O) groups excluding carboxylic acids is 2. The monoisotopic (exact) mass is 247 g/mol. The molecule has 1 atom stereocenters. The average molecular weight is 247 g/mol. The molecule has 0 spiro atoms. The second kappa shape index (κ2) is 10.3. The van der Waals surface area contributed by atoms with E-state index in [1.165, 1.54) is 6.92 Å². The lowest BCUT2D eigenvalue weighted by atomic mass is 10.2. The first-order valence-corrected chi connectivity index (χ1v) is 5.55. The predicted octanol–water partition coefficient (Wildman–Crippen LogP) is -0.458. The van der Waals surface area contributed by atoms with Gasteiger partial charge in [-0.05, 0) is 13.8 Å². The Labute approximate surface area is 101 Å². The molecule has 0 aliphatic carbocycles. The second-order valence-electron chi connectivity index (χ2n) is 3.67. The van der Waals surface area contributed by atoms with Crippen LogP contribution in [0.4, 0.5) is 0 Å². The minimum Gasteiger partial charge on any atom is -0.377 e. The second-order valence-corrected chi connectivity index (χ2v) is 3.67. The van der Waals surface area contributed by atoms with E-state index in [0.29, 0.717) is 26.4 Å². The molecule has 0 aromatic carbocycles. The first-order chi connectivity index (χ1) is 8.04. The van der Waals surface area contributed by atoms with Gasteiger partial charge in [-0.25, -0.2) is 0 Å². The number of carbonyl (C=O) groups is 2. The van der Waals surface area contributed by atoms with E-state index in [9.17, 15) is 9.59 Å². The normalized spacial score (nSPS) is 12.4. The number of rotatable bonds is 11. The van der Waals surface area contributed by atoms with E-state index < -0.39 is 6.04 Å². The topological polar surface area (TPSA) is 87.9 Å². The molecule has 6 nitrogen and oxygen atoms in total. The van der Waals surface area contributed by atoms with E-state index in [2.05, 4.69) is 0 Å². The Bertz CT molecular complexity index is 230. The Morgan fingerprint density at radius 1 is 1.00 bits per heavy atom. The van der Waals surface area contributed by atoms with E-state index >= 15 is 0 Å². The van der Waals surface area contributed by atoms with Crippen LogP contribution in [-0.4, -0.2) is 57.2 Å². The Kier molecular flexibility index (Phi) is 9.84. The molecule has 0 saturated carbocycles. The average Bonchev–Trinajstić information content (AvgIpc) is 2.25. The summed E-state index contributed by atoms with van der Waals surface area (Å²) in [5, 5.41) is 0. The number of ether oxygens (including phenoxy) is 3. The highest BCUT2D eigenvalue weighted by molar-refractivity contribution is 5.84. The van der Waals surface area contributed by atoms with E-state index in [1.807, 2.05) is 0 Å². The number of hydrogen-bond donors (Lipinski definition) is 1. The van der Waals surface area contributed by atoms with Crippen molar-refractivity contribution in [3.8, 4) is 0 Å². The molecule has 0 saturated heterocycles. The van der Waals surface area contributed by atoms with Crippen LogP contribution < -0.4 is 5.73 Å². The van der Waals surface area contributed by atoms with E-state index in [4.69, 9.17) is 19.9 Å². The number of ketones is 2. The van der Waals surface area contributed by atoms with Crippen LogP contribution in [0.3, 0.4) is 0 Å². The standard InChI is InChI=1S/C11H21NO5/c1-9(13)7-16-5-3-15-4-6-17-8-11(14)10(2)12/h10H,3-8,12H2,1-2H3. The number of hydrogen-bond acceptors (Lipinski definition) is 6. The van der Waals surface area contributed by atoms with Crippen molar-refractivity contribution in [2.24, 2.45) is 5.73 Å². The van der Waals surface area contributed by atoms with Crippen LogP contribution >= 0.6 is 0 Å². The third-order valence-corrected chi connectivity index (χ3v) is 1.80. The van der Waals surface area contributed by atoms with Gasteiger partial charge in [0.2, 0.25) is 0 Å². The lowest BCUT2D eigenvalue weighted by Gasteiger charge is -2.07. The summed E-state index contributed by atoms with van der Waals surface area (Å²) in [7, 11) is 0. The quantitative estimate of drug-likeness (QED) is 0.497. The van der Waals surface area contributed by atoms with Gasteiger partial charge < -0.3 is 19.9 Å². The summed E-state index contributed by atoms with van der Waals surface area (Å²) >= 11 is 0. The molecule has 6 heteroatoms. The molecule has 0 aromatic heterocycles. The van der Waals surface area contributed by atoms with Crippen molar-refractivity contribution in [3.63, 3.8) is 0 Å². The highest BCUT2D eigenvalue weighted by Crippen LogP contribution is 1.85. The summed E-state index contributed by atoms with van der Waals surface area (Å²) < 4.78 is 15.2. The Hall–Kier alpha value is -0.820. The fourth-order valence-electron chi connectivity index (χ4n) is 0.858. The maximum atomic E-state index is 11.0. The molecule has 0 bridgehead atoms. The summed E-state index contributed by atoms with van der Waals surface area (Å²) in [5.41, 5.74) is 5.35. The van der Waals surface area contributed by atoms with Crippen molar-refractivity contribution in [3.05, 3.63) is 0 Å². The summed E-state index contributed by atoms with van der Waals surface area (Å²) in [5.74, 6) is -0.141. The summed E-state index contributed by atoms with van der Waals surface area (Å²) in [6.07, 6.45) is 0. The Morgan fingerprint density at radius 3 is 1.94 bits per heavy atom. The number of Topliss-reactive ketones (excluding diaryl/α,β-unsaturated/α-hetero) is 2. The molecule has 100 valence electrons. The third-order valence-electron chi connectivity index (χ3n) is 1.80. The molecular formula is C11H21NO5. The zero-order chi connectivity index (χ0) is 13.1. The van der Waals surface area contributed by atoms with Gasteiger partial charge in [0.15, 0.2) is 11.6 Å². The first-order valence-electron chi connectivity index (χ1n) is 5.55. The molecule has 0 heterocycles. The van der Waals surface area contributed by atoms with Crippen LogP contribution in [0.5, 0.6) is 0 Å². The predicted molar refractivity (Wildman–Crippen MR) is 61.8 cm³/mol. The molecule has 0 radical (unpaired) electrons. The van der Waals surface area contributed by atoms with Gasteiger partial charge in [-0.3, -0.25) is 9.59 Å². The Balaban J connectivity index is 3.14. The summed E-state index contributed by atoms with van der Waals surface area (Å²) in [6.45, 7) is 4.71. The fourth-order valence-corrected chi connectivity index (χ4v) is 0.858. The highest BCUT2D eigenvalue weighted by atomic mass is 16.5. The molecule has 0 rings (SSSR count). The maximum Gasteiger partial charge on any atom is 0.174 e. The Morgan fingerprint density at radius 2 is 1.47 bits per heavy atom. The minimum absolute atomic E-state index is 0.0113. The van der Waals surface area contributed by atoms with Crippen LogP contribution in [0.15, 0.2) is 0 Å². The molecule has 0 fully saturated rings. The number of nitrogens with two attached hydrogens (primary N) is 1. The highest BCUT2D eigenvalue weighted by Gasteiger charge is 2.06. The van der Waals surface area contributed by atoms with Crippen molar-refractivity contribution in [2.75, 3.05) is 39.6 Å². The zero-order valence-corrected chi connectivity index (χ0v) is 10.4. The van der Waals surface area contributed by atoms with Crippen LogP contribution in [-0.2, 0) is 23.8 Å². The fraction of sp³-hybridized carbons (Fsp3) is 0.818. The van der Waals surface area contributed by atoms with Gasteiger partial charge in [0.05, 0.1) is 32.5 Å². The molecule has 17 heavy (non-hydrogen) atoms. The summed E-state index contributed by atoms with van der Waals surface area (Å²) in [6, 6.07) is -0.490. The molecule has 0 aromatic rings. The van der Waals surface area contributed by atoms with Gasteiger partial charge in [-0.2, -0.15) is 0 Å². The molecule has 1 unspecified atom stereocenters. The molecule has 2 N–H and O–H groups in total. The third kappa shape index (κ3) is 11.4. The molecule has 0 amide bonds. The smallest absolute Gasteiger partial charge is 0.174 e. The van der Waals surface area contributed by atoms with Gasteiger partial charge in [0, 0.05) is 0 Å². The van der Waals surface area contributed by atoms with Crippen molar-refractivity contribution < 1.29 is 23.8 Å². The van der Waals surface area contributed by atoms with Gasteiger partial charge in [0.1, 0.15) is 13.2 Å². The SMILES string of the molecule is CC(=O)COCCOCCOCC(=O)C(C)N. The van der Waals surface area contributed by atoms with E-state index in [-0.39, 0.29) is 24.8 Å². The van der Waals surface area contributed by atoms with Crippen LogP contribution in [0, 0.1) is 0 Å². The van der Waals surface area contributed by atoms with Crippen LogP contribution in [0.25, 0.3) is 0 Å². The van der Waals surface area contributed by atoms with Gasteiger partial charge in [0.25, 0.3) is 0 Å². The van der Waals surface area contributed by atoms with Crippen LogP contribution in [0.1, 0.15) is 13.8 Å². The minimum atomic E-state index is -0.490. The van der Waals surface area contributed by atoms with Crippen molar-refractivity contribution in [1.29, 1.82) is 0 Å². The maximum absolute atomic E-state index is 11.0. The molecule has 0 aliphatic rings. The summed E-state index contributed by atoms with van der Waals surface area (Å²) in [4.78, 5) is 21.5. The van der Waals surface area contributed by atoms with Crippen molar-refractivity contribution >= 4 is 11.6 Å². The van der Waals surface area contributed by atoms with Gasteiger partial charge >= 0.3 is 0 Å². The van der Waals surface area contributed by atoms with Crippen molar-refractivity contribution in [1.82, 2.24) is 0 Å². The lowest BCUT2D eigenvalue weighted by molar-refractivity contribution is -0.125. The van der Waals surface area contributed by atoms with Gasteiger partial charge in [-0.1, -0.05) is 0 Å². The lowest BCUT2D eigenvalue weighted by Crippen LogP contribution is -2.30. The van der Waals surface area contributed by atoms with Crippen LogP contribution in [0.2, 0.25) is 0 Å². The first kappa shape index (κ1) is 16.2. The van der Waals surface area contributed by atoms with Gasteiger partial charge in [-0.15, -0.1) is 0 Å². The molecule has 0 aliphatic heterocycles. The van der Waals surface area contributed by atoms with Crippen molar-refractivity contribution in [2.45, 2.75) is 19.9 Å².